The molecule has 2 saturated carbocycles. The van der Waals surface area contributed by atoms with Crippen LogP contribution in [0.15, 0.2) is 42.5 Å². The number of amides is 3. The topological polar surface area (TPSA) is 61.9 Å². The highest BCUT2D eigenvalue weighted by atomic mass is 35.5. The van der Waals surface area contributed by atoms with E-state index in [4.69, 9.17) is 27.9 Å². The average Bonchev–Trinajstić information content (AvgIpc) is 3.18. The zero-order chi connectivity index (χ0) is 26.0. The molecule has 0 aromatic heterocycles. The van der Waals surface area contributed by atoms with E-state index in [9.17, 15) is 9.59 Å². The molecule has 1 unspecified atom stereocenters. The van der Waals surface area contributed by atoms with Gasteiger partial charge in [0.1, 0.15) is 5.75 Å². The molecule has 3 amide bonds. The normalized spacial score (nSPS) is 23.5. The molecule has 2 aromatic carbocycles. The number of hydrogen-bond donors (Lipinski definition) is 1. The summed E-state index contributed by atoms with van der Waals surface area (Å²) in [7, 11) is 1.59. The number of rotatable bonds is 7. The number of urea groups is 1. The zero-order valence-electron chi connectivity index (χ0n) is 21.3. The van der Waals surface area contributed by atoms with Gasteiger partial charge in [0.15, 0.2) is 5.54 Å². The van der Waals surface area contributed by atoms with Crippen LogP contribution in [0.3, 0.4) is 0 Å². The van der Waals surface area contributed by atoms with Gasteiger partial charge >= 0.3 is 6.03 Å². The first-order chi connectivity index (χ1) is 17.9. The summed E-state index contributed by atoms with van der Waals surface area (Å²) in [6.45, 7) is 0.295. The van der Waals surface area contributed by atoms with Crippen molar-refractivity contribution < 1.29 is 14.3 Å². The number of halogens is 2. The first kappa shape index (κ1) is 26.3. The van der Waals surface area contributed by atoms with Gasteiger partial charge < -0.3 is 10.1 Å². The van der Waals surface area contributed by atoms with Crippen molar-refractivity contribution in [3.05, 3.63) is 63.6 Å². The highest BCUT2D eigenvalue weighted by Gasteiger charge is 2.55. The van der Waals surface area contributed by atoms with Crippen LogP contribution in [0.2, 0.25) is 10.0 Å². The Morgan fingerprint density at radius 3 is 2.05 bits per heavy atom. The molecule has 1 atom stereocenters. The summed E-state index contributed by atoms with van der Waals surface area (Å²) in [5.41, 5.74) is -0.317. The van der Waals surface area contributed by atoms with E-state index >= 15 is 0 Å². The van der Waals surface area contributed by atoms with Crippen LogP contribution in [0.5, 0.6) is 5.75 Å². The van der Waals surface area contributed by atoms with Crippen LogP contribution in [0.4, 0.5) is 4.79 Å². The van der Waals surface area contributed by atoms with Gasteiger partial charge in [0.2, 0.25) is 0 Å². The van der Waals surface area contributed by atoms with Crippen LogP contribution in [0, 0.1) is 0 Å². The second-order valence-electron chi connectivity index (χ2n) is 10.5. The number of nitrogens with one attached hydrogen (secondary N) is 1. The Hall–Kier alpha value is -2.28. The average molecular weight is 545 g/mol. The summed E-state index contributed by atoms with van der Waals surface area (Å²) in [5, 5.41) is 3.85. The van der Waals surface area contributed by atoms with E-state index in [2.05, 4.69) is 10.2 Å². The lowest BCUT2D eigenvalue weighted by atomic mass is 9.82. The third kappa shape index (κ3) is 5.08. The highest BCUT2D eigenvalue weighted by molar-refractivity contribution is 6.35. The fraction of sp³-hybridized carbons (Fsp3) is 0.517. The van der Waals surface area contributed by atoms with Crippen LogP contribution in [-0.4, -0.2) is 47.6 Å². The maximum absolute atomic E-state index is 14.4. The van der Waals surface area contributed by atoms with Crippen molar-refractivity contribution in [3.8, 4) is 5.75 Å². The monoisotopic (exact) mass is 543 g/mol. The van der Waals surface area contributed by atoms with E-state index in [0.717, 1.165) is 25.7 Å². The molecular formula is C29H35Cl2N3O3. The lowest BCUT2D eigenvalue weighted by molar-refractivity contribution is -0.132. The summed E-state index contributed by atoms with van der Waals surface area (Å²) >= 11 is 12.9. The molecule has 1 aliphatic heterocycles. The zero-order valence-corrected chi connectivity index (χ0v) is 22.9. The largest absolute Gasteiger partial charge is 0.497 e. The minimum atomic E-state index is -1.45. The molecule has 5 rings (SSSR count). The molecule has 1 heterocycles. The Balaban J connectivity index is 1.54. The minimum absolute atomic E-state index is 0.295. The molecule has 198 valence electrons. The highest BCUT2D eigenvalue weighted by Crippen LogP contribution is 2.41. The van der Waals surface area contributed by atoms with E-state index in [1.54, 1.807) is 37.4 Å². The number of carbonyl (C=O) groups excluding carboxylic acids is 2. The van der Waals surface area contributed by atoms with Gasteiger partial charge in [0.05, 0.1) is 13.8 Å². The summed E-state index contributed by atoms with van der Waals surface area (Å²) in [5.74, 6) is 0.346. The second kappa shape index (κ2) is 11.2. The molecule has 0 bridgehead atoms. The number of benzene rings is 2. The van der Waals surface area contributed by atoms with E-state index in [1.165, 1.54) is 43.4 Å². The van der Waals surface area contributed by atoms with Gasteiger partial charge in [-0.3, -0.25) is 9.69 Å². The third-order valence-electron chi connectivity index (χ3n) is 8.36. The van der Waals surface area contributed by atoms with Crippen molar-refractivity contribution in [3.63, 3.8) is 0 Å². The summed E-state index contributed by atoms with van der Waals surface area (Å²) in [6, 6.07) is 12.6. The standard InChI is InChI=1S/C29H35Cl2N3O3/c1-37-24-15-12-20(13-16-24)29(25-17-14-21(30)18-26(25)31)27(35)34(28(36)32-29)19-33(22-8-4-2-5-9-22)23-10-6-3-7-11-23/h12-18,22-23H,2-11,19H2,1H3,(H,32,36). The SMILES string of the molecule is COc1ccc(C2(c3ccc(Cl)cc3Cl)NC(=O)N(CN(C3CCCCC3)C3CCCCC3)C2=O)cc1. The van der Waals surface area contributed by atoms with Gasteiger partial charge in [-0.15, -0.1) is 0 Å². The summed E-state index contributed by atoms with van der Waals surface area (Å²) in [6.07, 6.45) is 11.8. The second-order valence-corrected chi connectivity index (χ2v) is 11.3. The Labute approximate surface area is 229 Å². The minimum Gasteiger partial charge on any atom is -0.497 e. The van der Waals surface area contributed by atoms with Crippen LogP contribution in [0.25, 0.3) is 0 Å². The van der Waals surface area contributed by atoms with Crippen molar-refractivity contribution in [1.82, 2.24) is 15.1 Å². The Morgan fingerprint density at radius 1 is 0.919 bits per heavy atom. The predicted molar refractivity (Wildman–Crippen MR) is 146 cm³/mol. The van der Waals surface area contributed by atoms with E-state index in [-0.39, 0.29) is 5.91 Å². The molecule has 6 nitrogen and oxygen atoms in total. The number of carbonyl (C=O) groups is 2. The Bertz CT molecular complexity index is 1110. The molecule has 0 spiro atoms. The molecule has 2 aromatic rings. The van der Waals surface area contributed by atoms with Crippen molar-refractivity contribution in [2.75, 3.05) is 13.8 Å². The van der Waals surface area contributed by atoms with Crippen LogP contribution >= 0.6 is 23.2 Å². The smallest absolute Gasteiger partial charge is 0.326 e. The van der Waals surface area contributed by atoms with Gasteiger partial charge in [-0.25, -0.2) is 9.69 Å². The molecule has 8 heteroatoms. The van der Waals surface area contributed by atoms with Gasteiger partial charge in [-0.1, -0.05) is 79.9 Å². The van der Waals surface area contributed by atoms with Crippen LogP contribution in [-0.2, 0) is 10.3 Å². The molecule has 3 aliphatic rings. The number of methoxy groups -OCH3 is 1. The number of hydrogen-bond acceptors (Lipinski definition) is 4. The van der Waals surface area contributed by atoms with E-state index in [0.29, 0.717) is 45.7 Å². The van der Waals surface area contributed by atoms with Gasteiger partial charge in [0.25, 0.3) is 5.91 Å². The third-order valence-corrected chi connectivity index (χ3v) is 8.90. The quantitative estimate of drug-likeness (QED) is 0.393. The summed E-state index contributed by atoms with van der Waals surface area (Å²) < 4.78 is 5.33. The van der Waals surface area contributed by atoms with Gasteiger partial charge in [0, 0.05) is 27.7 Å². The lowest BCUT2D eigenvalue weighted by Crippen LogP contribution is -2.52. The van der Waals surface area contributed by atoms with Crippen molar-refractivity contribution in [2.45, 2.75) is 81.8 Å². The number of imide groups is 1. The Morgan fingerprint density at radius 2 is 1.51 bits per heavy atom. The van der Waals surface area contributed by atoms with Crippen molar-refractivity contribution >= 4 is 35.1 Å². The number of ether oxygens (including phenoxy) is 1. The molecule has 0 radical (unpaired) electrons. The first-order valence-corrected chi connectivity index (χ1v) is 14.2. The molecule has 3 fully saturated rings. The maximum atomic E-state index is 14.4. The molecule has 1 saturated heterocycles. The number of nitrogens with zero attached hydrogens (tertiary/aromatic N) is 2. The van der Waals surface area contributed by atoms with Gasteiger partial charge in [-0.05, 0) is 55.5 Å². The maximum Gasteiger partial charge on any atom is 0.326 e. The van der Waals surface area contributed by atoms with Crippen LogP contribution < -0.4 is 10.1 Å². The van der Waals surface area contributed by atoms with Crippen molar-refractivity contribution in [1.29, 1.82) is 0 Å². The Kier molecular flexibility index (Phi) is 7.99. The molecule has 2 aliphatic carbocycles. The first-order valence-electron chi connectivity index (χ1n) is 13.4. The van der Waals surface area contributed by atoms with Crippen LogP contribution in [0.1, 0.15) is 75.3 Å². The fourth-order valence-electron chi connectivity index (χ4n) is 6.39. The van der Waals surface area contributed by atoms with Crippen molar-refractivity contribution in [2.24, 2.45) is 0 Å². The summed E-state index contributed by atoms with van der Waals surface area (Å²) in [4.78, 5) is 31.9. The fourth-order valence-corrected chi connectivity index (χ4v) is 6.94. The van der Waals surface area contributed by atoms with Gasteiger partial charge in [-0.2, -0.15) is 0 Å². The van der Waals surface area contributed by atoms with E-state index in [1.807, 2.05) is 12.1 Å². The molecular weight excluding hydrogens is 509 g/mol. The van der Waals surface area contributed by atoms with E-state index < -0.39 is 11.6 Å². The lowest BCUT2D eigenvalue weighted by Gasteiger charge is -2.43. The molecule has 37 heavy (non-hydrogen) atoms. The molecule has 1 N–H and O–H groups in total. The predicted octanol–water partition coefficient (Wildman–Crippen LogP) is 6.72.